The number of halogens is 1. The Morgan fingerprint density at radius 2 is 2.29 bits per heavy atom. The Hall–Kier alpha value is -0.370. The van der Waals surface area contributed by atoms with Crippen LogP contribution in [0.25, 0.3) is 0 Å². The standard InChI is InChI=1S/C12H18INO3/c1-16-6-5-14-8-11(15)9-17-12-4-2-3-10(13)7-12/h2-4,7,11,14-15H,5-6,8-9H2,1H3. The summed E-state index contributed by atoms with van der Waals surface area (Å²) < 4.78 is 11.5. The highest BCUT2D eigenvalue weighted by atomic mass is 127. The second kappa shape index (κ2) is 8.68. The van der Waals surface area contributed by atoms with Gasteiger partial charge in [-0.05, 0) is 40.8 Å². The van der Waals surface area contributed by atoms with E-state index in [-0.39, 0.29) is 0 Å². The van der Waals surface area contributed by atoms with Crippen LogP contribution in [0, 0.1) is 3.57 Å². The molecule has 0 saturated carbocycles. The molecule has 1 rings (SSSR count). The summed E-state index contributed by atoms with van der Waals surface area (Å²) in [6.45, 7) is 2.18. The van der Waals surface area contributed by atoms with Gasteiger partial charge in [-0.1, -0.05) is 6.07 Å². The summed E-state index contributed by atoms with van der Waals surface area (Å²) in [7, 11) is 1.65. The van der Waals surface area contributed by atoms with Gasteiger partial charge >= 0.3 is 0 Å². The molecule has 0 fully saturated rings. The van der Waals surface area contributed by atoms with Crippen molar-refractivity contribution in [3.8, 4) is 5.75 Å². The number of aliphatic hydroxyl groups is 1. The summed E-state index contributed by atoms with van der Waals surface area (Å²) in [5.41, 5.74) is 0. The van der Waals surface area contributed by atoms with Crippen LogP contribution in [0.15, 0.2) is 24.3 Å². The van der Waals surface area contributed by atoms with Crippen LogP contribution in [0.3, 0.4) is 0 Å². The third kappa shape index (κ3) is 6.82. The maximum Gasteiger partial charge on any atom is 0.120 e. The lowest BCUT2D eigenvalue weighted by Crippen LogP contribution is -2.33. The molecule has 0 aliphatic heterocycles. The van der Waals surface area contributed by atoms with Gasteiger partial charge in [0.1, 0.15) is 18.5 Å². The van der Waals surface area contributed by atoms with Crippen LogP contribution in [-0.4, -0.2) is 44.6 Å². The van der Waals surface area contributed by atoms with E-state index in [1.54, 1.807) is 7.11 Å². The van der Waals surface area contributed by atoms with E-state index in [9.17, 15) is 5.11 Å². The van der Waals surface area contributed by atoms with Gasteiger partial charge < -0.3 is 19.9 Å². The van der Waals surface area contributed by atoms with Gasteiger partial charge in [-0.15, -0.1) is 0 Å². The molecular formula is C12H18INO3. The lowest BCUT2D eigenvalue weighted by atomic mass is 10.3. The molecule has 0 amide bonds. The molecule has 0 spiro atoms. The van der Waals surface area contributed by atoms with Crippen LogP contribution in [0.5, 0.6) is 5.75 Å². The van der Waals surface area contributed by atoms with Crippen LogP contribution in [0.1, 0.15) is 0 Å². The van der Waals surface area contributed by atoms with Crippen LogP contribution in [0.2, 0.25) is 0 Å². The van der Waals surface area contributed by atoms with Gasteiger partial charge in [0.25, 0.3) is 0 Å². The average Bonchev–Trinajstić information content (AvgIpc) is 2.32. The average molecular weight is 351 g/mol. The van der Waals surface area contributed by atoms with Crippen molar-refractivity contribution in [2.75, 3.05) is 33.4 Å². The van der Waals surface area contributed by atoms with E-state index < -0.39 is 6.10 Å². The van der Waals surface area contributed by atoms with Crippen molar-refractivity contribution >= 4 is 22.6 Å². The van der Waals surface area contributed by atoms with Crippen LogP contribution < -0.4 is 10.1 Å². The molecule has 0 bridgehead atoms. The fourth-order valence-electron chi connectivity index (χ4n) is 1.25. The SMILES string of the molecule is COCCNCC(O)COc1cccc(I)c1. The second-order valence-electron chi connectivity index (χ2n) is 3.62. The van der Waals surface area contributed by atoms with Crippen LogP contribution in [0.4, 0.5) is 0 Å². The van der Waals surface area contributed by atoms with Gasteiger partial charge in [0.2, 0.25) is 0 Å². The lowest BCUT2D eigenvalue weighted by Gasteiger charge is -2.13. The molecule has 0 aliphatic rings. The minimum Gasteiger partial charge on any atom is -0.491 e. The van der Waals surface area contributed by atoms with E-state index >= 15 is 0 Å². The number of ether oxygens (including phenoxy) is 2. The number of aliphatic hydroxyl groups excluding tert-OH is 1. The first kappa shape index (κ1) is 14.7. The lowest BCUT2D eigenvalue weighted by molar-refractivity contribution is 0.103. The molecule has 0 radical (unpaired) electrons. The number of rotatable bonds is 8. The molecule has 4 nitrogen and oxygen atoms in total. The highest BCUT2D eigenvalue weighted by molar-refractivity contribution is 14.1. The summed E-state index contributed by atoms with van der Waals surface area (Å²) in [5, 5.41) is 12.7. The minimum absolute atomic E-state index is 0.292. The first-order valence-corrected chi connectivity index (χ1v) is 6.56. The van der Waals surface area contributed by atoms with E-state index in [4.69, 9.17) is 9.47 Å². The smallest absolute Gasteiger partial charge is 0.120 e. The highest BCUT2D eigenvalue weighted by Crippen LogP contribution is 2.14. The highest BCUT2D eigenvalue weighted by Gasteiger charge is 2.04. The summed E-state index contributed by atoms with van der Waals surface area (Å²) in [6.07, 6.45) is -0.510. The summed E-state index contributed by atoms with van der Waals surface area (Å²) in [6, 6.07) is 7.75. The Kier molecular flexibility index (Phi) is 7.50. The molecule has 2 N–H and O–H groups in total. The molecule has 1 atom stereocenters. The molecule has 1 unspecified atom stereocenters. The van der Waals surface area contributed by atoms with Crippen molar-refractivity contribution < 1.29 is 14.6 Å². The quantitative estimate of drug-likeness (QED) is 0.547. The molecule has 17 heavy (non-hydrogen) atoms. The summed E-state index contributed by atoms with van der Waals surface area (Å²) in [5.74, 6) is 0.785. The third-order valence-corrected chi connectivity index (χ3v) is 2.77. The number of nitrogens with one attached hydrogen (secondary N) is 1. The first-order valence-electron chi connectivity index (χ1n) is 5.48. The van der Waals surface area contributed by atoms with Crippen molar-refractivity contribution in [3.63, 3.8) is 0 Å². The fraction of sp³-hybridized carbons (Fsp3) is 0.500. The number of methoxy groups -OCH3 is 1. The Balaban J connectivity index is 2.17. The summed E-state index contributed by atoms with van der Waals surface area (Å²) in [4.78, 5) is 0. The minimum atomic E-state index is -0.510. The normalized spacial score (nSPS) is 12.4. The molecular weight excluding hydrogens is 333 g/mol. The predicted octanol–water partition coefficient (Wildman–Crippen LogP) is 1.27. The Labute approximate surface area is 115 Å². The van der Waals surface area contributed by atoms with Crippen molar-refractivity contribution in [1.82, 2.24) is 5.32 Å². The third-order valence-electron chi connectivity index (χ3n) is 2.10. The number of benzene rings is 1. The maximum absolute atomic E-state index is 9.65. The molecule has 96 valence electrons. The zero-order valence-electron chi connectivity index (χ0n) is 9.86. The van der Waals surface area contributed by atoms with Crippen molar-refractivity contribution in [3.05, 3.63) is 27.8 Å². The molecule has 0 heterocycles. The maximum atomic E-state index is 9.65. The van der Waals surface area contributed by atoms with E-state index in [1.165, 1.54) is 0 Å². The Bertz CT molecular complexity index is 322. The van der Waals surface area contributed by atoms with Crippen LogP contribution in [-0.2, 0) is 4.74 Å². The van der Waals surface area contributed by atoms with Gasteiger partial charge in [-0.3, -0.25) is 0 Å². The van der Waals surface area contributed by atoms with Crippen molar-refractivity contribution in [2.45, 2.75) is 6.10 Å². The first-order chi connectivity index (χ1) is 8.22. The van der Waals surface area contributed by atoms with E-state index in [1.807, 2.05) is 24.3 Å². The van der Waals surface area contributed by atoms with Crippen LogP contribution >= 0.6 is 22.6 Å². The molecule has 0 aromatic heterocycles. The zero-order chi connectivity index (χ0) is 12.5. The Morgan fingerprint density at radius 1 is 1.47 bits per heavy atom. The molecule has 1 aromatic rings. The second-order valence-corrected chi connectivity index (χ2v) is 4.86. The Morgan fingerprint density at radius 3 is 3.00 bits per heavy atom. The van der Waals surface area contributed by atoms with E-state index in [0.717, 1.165) is 15.9 Å². The van der Waals surface area contributed by atoms with Crippen molar-refractivity contribution in [1.29, 1.82) is 0 Å². The predicted molar refractivity (Wildman–Crippen MR) is 75.4 cm³/mol. The van der Waals surface area contributed by atoms with Gasteiger partial charge in [-0.2, -0.15) is 0 Å². The fourth-order valence-corrected chi connectivity index (χ4v) is 1.77. The summed E-state index contributed by atoms with van der Waals surface area (Å²) >= 11 is 2.23. The van der Waals surface area contributed by atoms with E-state index in [0.29, 0.717) is 19.8 Å². The number of hydrogen-bond acceptors (Lipinski definition) is 4. The zero-order valence-corrected chi connectivity index (χ0v) is 12.0. The van der Waals surface area contributed by atoms with Gasteiger partial charge in [0, 0.05) is 23.8 Å². The molecule has 0 saturated heterocycles. The van der Waals surface area contributed by atoms with Gasteiger partial charge in [0.05, 0.1) is 6.61 Å². The number of hydrogen-bond donors (Lipinski definition) is 2. The van der Waals surface area contributed by atoms with Gasteiger partial charge in [0.15, 0.2) is 0 Å². The van der Waals surface area contributed by atoms with Gasteiger partial charge in [-0.25, -0.2) is 0 Å². The van der Waals surface area contributed by atoms with Crippen molar-refractivity contribution in [2.24, 2.45) is 0 Å². The molecule has 0 aliphatic carbocycles. The monoisotopic (exact) mass is 351 g/mol. The largest absolute Gasteiger partial charge is 0.491 e. The van der Waals surface area contributed by atoms with E-state index in [2.05, 4.69) is 27.9 Å². The topological polar surface area (TPSA) is 50.7 Å². The molecule has 1 aromatic carbocycles. The molecule has 5 heteroatoms.